The normalized spacial score (nSPS) is 12.0. The largest absolute Gasteiger partial charge is 0.481 e. The number of carboxylic acid groups (broad SMARTS) is 1. The van der Waals surface area contributed by atoms with Crippen molar-refractivity contribution in [1.82, 2.24) is 9.88 Å². The van der Waals surface area contributed by atoms with Gasteiger partial charge in [0, 0.05) is 25.5 Å². The summed E-state index contributed by atoms with van der Waals surface area (Å²) in [6, 6.07) is 1.99. The predicted molar refractivity (Wildman–Crippen MR) is 58.5 cm³/mol. The summed E-state index contributed by atoms with van der Waals surface area (Å²) in [6.45, 7) is 4.78. The Hall–Kier alpha value is -1.29. The second-order valence-electron chi connectivity index (χ2n) is 4.58. The first-order chi connectivity index (χ1) is 6.92. The van der Waals surface area contributed by atoms with Crippen LogP contribution in [-0.2, 0) is 11.3 Å². The summed E-state index contributed by atoms with van der Waals surface area (Å²) in [4.78, 5) is 15.9. The van der Waals surface area contributed by atoms with Gasteiger partial charge in [0.2, 0.25) is 0 Å². The average Bonchev–Trinajstić information content (AvgIpc) is 2.54. The number of aromatic nitrogens is 1. The number of carbonyl (C=O) groups is 1. The number of hydrogen-bond acceptors (Lipinski definition) is 2. The fourth-order valence-corrected chi connectivity index (χ4v) is 1.57. The molecule has 84 valence electrons. The summed E-state index contributed by atoms with van der Waals surface area (Å²) < 4.78 is 0. The molecule has 0 saturated carbocycles. The first-order valence-corrected chi connectivity index (χ1v) is 4.95. The van der Waals surface area contributed by atoms with E-state index in [1.165, 1.54) is 5.56 Å². The Morgan fingerprint density at radius 1 is 1.60 bits per heavy atom. The molecular formula is C11H18N2O2. The van der Waals surface area contributed by atoms with Gasteiger partial charge in [0.15, 0.2) is 0 Å². The number of nitrogens with zero attached hydrogens (tertiary/aromatic N) is 1. The van der Waals surface area contributed by atoms with Gasteiger partial charge in [-0.3, -0.25) is 4.79 Å². The van der Waals surface area contributed by atoms with E-state index in [1.54, 1.807) is 13.8 Å². The van der Waals surface area contributed by atoms with Gasteiger partial charge in [0.1, 0.15) is 0 Å². The molecule has 0 fully saturated rings. The molecule has 0 aliphatic carbocycles. The van der Waals surface area contributed by atoms with E-state index in [9.17, 15) is 4.79 Å². The maximum atomic E-state index is 10.9. The molecule has 1 heterocycles. The van der Waals surface area contributed by atoms with E-state index in [0.29, 0.717) is 6.54 Å². The van der Waals surface area contributed by atoms with Gasteiger partial charge in [-0.1, -0.05) is 0 Å². The third-order valence-corrected chi connectivity index (χ3v) is 2.36. The summed E-state index contributed by atoms with van der Waals surface area (Å²) in [5, 5.41) is 8.98. The molecule has 4 nitrogen and oxygen atoms in total. The lowest BCUT2D eigenvalue weighted by Crippen LogP contribution is -2.36. The summed E-state index contributed by atoms with van der Waals surface area (Å²) in [5.74, 6) is -0.761. The quantitative estimate of drug-likeness (QED) is 0.775. The van der Waals surface area contributed by atoms with Crippen molar-refractivity contribution >= 4 is 5.97 Å². The molecule has 0 amide bonds. The van der Waals surface area contributed by atoms with E-state index in [2.05, 4.69) is 4.98 Å². The Balaban J connectivity index is 2.49. The van der Waals surface area contributed by atoms with Crippen LogP contribution in [0.4, 0.5) is 0 Å². The zero-order chi connectivity index (χ0) is 11.5. The maximum Gasteiger partial charge on any atom is 0.310 e. The highest BCUT2D eigenvalue weighted by molar-refractivity contribution is 5.73. The predicted octanol–water partition coefficient (Wildman–Crippen LogP) is 1.56. The van der Waals surface area contributed by atoms with Crippen LogP contribution >= 0.6 is 0 Å². The van der Waals surface area contributed by atoms with Gasteiger partial charge in [0.05, 0.1) is 5.41 Å². The summed E-state index contributed by atoms with van der Waals surface area (Å²) in [5.41, 5.74) is 0.462. The van der Waals surface area contributed by atoms with Crippen molar-refractivity contribution in [3.63, 3.8) is 0 Å². The Morgan fingerprint density at radius 2 is 2.27 bits per heavy atom. The molecular weight excluding hydrogens is 192 g/mol. The number of aliphatic carboxylic acids is 1. The van der Waals surface area contributed by atoms with Gasteiger partial charge in [-0.05, 0) is 32.5 Å². The number of nitrogens with one attached hydrogen (secondary N) is 1. The molecule has 15 heavy (non-hydrogen) atoms. The van der Waals surface area contributed by atoms with Crippen LogP contribution in [-0.4, -0.2) is 34.6 Å². The van der Waals surface area contributed by atoms with Crippen LogP contribution in [0.25, 0.3) is 0 Å². The average molecular weight is 210 g/mol. The van der Waals surface area contributed by atoms with E-state index >= 15 is 0 Å². The number of hydrogen-bond donors (Lipinski definition) is 2. The van der Waals surface area contributed by atoms with Gasteiger partial charge in [-0.15, -0.1) is 0 Å². The van der Waals surface area contributed by atoms with Crippen LogP contribution in [0, 0.1) is 5.41 Å². The highest BCUT2D eigenvalue weighted by Crippen LogP contribution is 2.17. The summed E-state index contributed by atoms with van der Waals surface area (Å²) in [6.07, 6.45) is 3.79. The fraction of sp³-hybridized carbons (Fsp3) is 0.545. The van der Waals surface area contributed by atoms with Crippen LogP contribution in [0.3, 0.4) is 0 Å². The number of H-pyrrole nitrogens is 1. The molecule has 0 saturated heterocycles. The first kappa shape index (κ1) is 11.8. The van der Waals surface area contributed by atoms with Gasteiger partial charge in [-0.25, -0.2) is 0 Å². The van der Waals surface area contributed by atoms with Crippen LogP contribution in [0.2, 0.25) is 0 Å². The van der Waals surface area contributed by atoms with Gasteiger partial charge in [-0.2, -0.15) is 0 Å². The van der Waals surface area contributed by atoms with Crippen molar-refractivity contribution < 1.29 is 9.90 Å². The molecule has 0 aromatic carbocycles. The topological polar surface area (TPSA) is 56.3 Å². The second-order valence-corrected chi connectivity index (χ2v) is 4.58. The van der Waals surface area contributed by atoms with E-state index in [1.807, 2.05) is 30.4 Å². The smallest absolute Gasteiger partial charge is 0.310 e. The van der Waals surface area contributed by atoms with Crippen molar-refractivity contribution in [1.29, 1.82) is 0 Å². The van der Waals surface area contributed by atoms with E-state index in [4.69, 9.17) is 5.11 Å². The van der Waals surface area contributed by atoms with Crippen molar-refractivity contribution in [2.45, 2.75) is 20.4 Å². The van der Waals surface area contributed by atoms with Gasteiger partial charge < -0.3 is 15.0 Å². The molecule has 1 rings (SSSR count). The Kier molecular flexibility index (Phi) is 3.52. The fourth-order valence-electron chi connectivity index (χ4n) is 1.57. The first-order valence-electron chi connectivity index (χ1n) is 4.95. The number of rotatable bonds is 5. The molecule has 1 aromatic heterocycles. The summed E-state index contributed by atoms with van der Waals surface area (Å²) in [7, 11) is 1.93. The van der Waals surface area contributed by atoms with Crippen molar-refractivity contribution in [3.8, 4) is 0 Å². The Bertz CT molecular complexity index is 317. The molecule has 1 aromatic rings. The minimum atomic E-state index is -0.761. The van der Waals surface area contributed by atoms with E-state index in [-0.39, 0.29) is 0 Å². The molecule has 0 aliphatic heterocycles. The molecule has 0 spiro atoms. The van der Waals surface area contributed by atoms with Gasteiger partial charge in [0.25, 0.3) is 0 Å². The lowest BCUT2D eigenvalue weighted by atomic mass is 9.93. The van der Waals surface area contributed by atoms with Crippen LogP contribution < -0.4 is 0 Å². The van der Waals surface area contributed by atoms with E-state index in [0.717, 1.165) is 6.54 Å². The lowest BCUT2D eigenvalue weighted by Gasteiger charge is -2.26. The monoisotopic (exact) mass is 210 g/mol. The Morgan fingerprint density at radius 3 is 2.73 bits per heavy atom. The van der Waals surface area contributed by atoms with Crippen molar-refractivity contribution in [2.24, 2.45) is 5.41 Å². The number of aromatic amines is 1. The third kappa shape index (κ3) is 3.40. The van der Waals surface area contributed by atoms with Crippen molar-refractivity contribution in [3.05, 3.63) is 24.0 Å². The minimum Gasteiger partial charge on any atom is -0.481 e. The lowest BCUT2D eigenvalue weighted by molar-refractivity contribution is -0.147. The zero-order valence-corrected chi connectivity index (χ0v) is 9.45. The highest BCUT2D eigenvalue weighted by Gasteiger charge is 2.28. The maximum absolute atomic E-state index is 10.9. The number of carboxylic acids is 1. The minimum absolute atomic E-state index is 0.535. The van der Waals surface area contributed by atoms with Crippen LogP contribution in [0.15, 0.2) is 18.5 Å². The molecule has 4 heteroatoms. The molecule has 0 unspecified atom stereocenters. The van der Waals surface area contributed by atoms with Gasteiger partial charge >= 0.3 is 5.97 Å². The molecule has 0 bridgehead atoms. The van der Waals surface area contributed by atoms with Crippen LogP contribution in [0.5, 0.6) is 0 Å². The zero-order valence-electron chi connectivity index (χ0n) is 9.45. The van der Waals surface area contributed by atoms with Crippen LogP contribution in [0.1, 0.15) is 19.4 Å². The molecule has 2 N–H and O–H groups in total. The highest BCUT2D eigenvalue weighted by atomic mass is 16.4. The second kappa shape index (κ2) is 4.49. The SMILES string of the molecule is CN(Cc1cc[nH]c1)CC(C)(C)C(=O)O. The van der Waals surface area contributed by atoms with Crippen molar-refractivity contribution in [2.75, 3.05) is 13.6 Å². The van der Waals surface area contributed by atoms with E-state index < -0.39 is 11.4 Å². The molecule has 0 radical (unpaired) electrons. The third-order valence-electron chi connectivity index (χ3n) is 2.36. The standard InChI is InChI=1S/C11H18N2O2/c1-11(2,10(14)15)8-13(3)7-9-4-5-12-6-9/h4-6,12H,7-8H2,1-3H3,(H,14,15). The molecule has 0 atom stereocenters. The Labute approximate surface area is 89.9 Å². The summed E-state index contributed by atoms with van der Waals surface area (Å²) >= 11 is 0. The molecule has 0 aliphatic rings.